The Hall–Kier alpha value is -1.30. The minimum absolute atomic E-state index is 0.0373. The fraction of sp³-hybridized carbons (Fsp3) is 0.444. The maximum absolute atomic E-state index is 10.5. The van der Waals surface area contributed by atoms with E-state index in [2.05, 4.69) is 21.5 Å². The van der Waals surface area contributed by atoms with Crippen molar-refractivity contribution >= 4 is 23.5 Å². The number of rotatable bonds is 6. The van der Waals surface area contributed by atoms with Crippen molar-refractivity contribution in [1.29, 1.82) is 0 Å². The molecule has 0 aliphatic carbocycles. The molecule has 1 heterocycles. The molecule has 0 saturated carbocycles. The summed E-state index contributed by atoms with van der Waals surface area (Å²) < 4.78 is 0. The molecule has 0 radical (unpaired) electrons. The van der Waals surface area contributed by atoms with Crippen molar-refractivity contribution in [3.8, 4) is 0 Å². The van der Waals surface area contributed by atoms with Crippen molar-refractivity contribution in [2.45, 2.75) is 6.42 Å². The number of anilines is 1. The summed E-state index contributed by atoms with van der Waals surface area (Å²) in [5.74, 6) is 0.644. The second-order valence-electron chi connectivity index (χ2n) is 2.87. The average molecular weight is 227 g/mol. The highest BCUT2D eigenvalue weighted by molar-refractivity contribution is 7.98. The van der Waals surface area contributed by atoms with E-state index in [1.807, 2.05) is 0 Å². The second-order valence-corrected chi connectivity index (χ2v) is 3.85. The van der Waals surface area contributed by atoms with E-state index in [1.54, 1.807) is 11.8 Å². The third-order valence-electron chi connectivity index (χ3n) is 1.70. The van der Waals surface area contributed by atoms with E-state index in [1.165, 1.54) is 12.4 Å². The molecule has 15 heavy (non-hydrogen) atoms. The van der Waals surface area contributed by atoms with Gasteiger partial charge in [0.1, 0.15) is 5.82 Å². The molecule has 0 unspecified atom stereocenters. The lowest BCUT2D eigenvalue weighted by molar-refractivity contribution is 0.0690. The molecule has 0 amide bonds. The summed E-state index contributed by atoms with van der Waals surface area (Å²) >= 11 is 1.79. The molecule has 0 spiro atoms. The molecule has 1 aromatic heterocycles. The van der Waals surface area contributed by atoms with Crippen LogP contribution in [0.15, 0.2) is 12.4 Å². The lowest BCUT2D eigenvalue weighted by Gasteiger charge is -2.03. The van der Waals surface area contributed by atoms with Crippen LogP contribution < -0.4 is 5.32 Å². The number of nitrogens with zero attached hydrogens (tertiary/aromatic N) is 2. The molecule has 82 valence electrons. The van der Waals surface area contributed by atoms with Crippen LogP contribution in [-0.2, 0) is 0 Å². The van der Waals surface area contributed by atoms with Crippen molar-refractivity contribution in [3.05, 3.63) is 18.1 Å². The molecule has 0 aromatic carbocycles. The number of aromatic nitrogens is 2. The maximum atomic E-state index is 10.5. The predicted molar refractivity (Wildman–Crippen MR) is 60.5 cm³/mol. The highest BCUT2D eigenvalue weighted by atomic mass is 32.2. The van der Waals surface area contributed by atoms with Crippen LogP contribution in [0.2, 0.25) is 0 Å². The van der Waals surface area contributed by atoms with Crippen LogP contribution in [0.5, 0.6) is 0 Å². The number of carboxylic acids is 1. The van der Waals surface area contributed by atoms with E-state index in [0.29, 0.717) is 5.82 Å². The van der Waals surface area contributed by atoms with Crippen LogP contribution in [0.4, 0.5) is 5.82 Å². The Bertz CT molecular complexity index is 316. The standard InChI is InChI=1S/C9H13N3O2S/c1-15-4-2-3-10-8-6-11-7(5-12-8)9(13)14/h5-6H,2-4H2,1H3,(H,10,12)(H,13,14). The summed E-state index contributed by atoms with van der Waals surface area (Å²) in [7, 11) is 0. The summed E-state index contributed by atoms with van der Waals surface area (Å²) in [4.78, 5) is 18.2. The topological polar surface area (TPSA) is 75.1 Å². The Morgan fingerprint density at radius 3 is 2.87 bits per heavy atom. The van der Waals surface area contributed by atoms with E-state index >= 15 is 0 Å². The van der Waals surface area contributed by atoms with E-state index in [4.69, 9.17) is 5.11 Å². The highest BCUT2D eigenvalue weighted by Crippen LogP contribution is 2.02. The number of thioether (sulfide) groups is 1. The van der Waals surface area contributed by atoms with E-state index in [9.17, 15) is 4.79 Å². The van der Waals surface area contributed by atoms with Gasteiger partial charge in [0.05, 0.1) is 12.4 Å². The minimum atomic E-state index is -1.06. The summed E-state index contributed by atoms with van der Waals surface area (Å²) in [6, 6.07) is 0. The van der Waals surface area contributed by atoms with Gasteiger partial charge in [-0.3, -0.25) is 0 Å². The first kappa shape index (κ1) is 11.8. The lowest BCUT2D eigenvalue weighted by atomic mass is 10.4. The number of nitrogens with one attached hydrogen (secondary N) is 1. The molecule has 2 N–H and O–H groups in total. The predicted octanol–water partition coefficient (Wildman–Crippen LogP) is 1.34. The molecule has 0 saturated heterocycles. The smallest absolute Gasteiger partial charge is 0.356 e. The van der Waals surface area contributed by atoms with Crippen molar-refractivity contribution in [2.75, 3.05) is 23.9 Å². The second kappa shape index (κ2) is 6.23. The lowest BCUT2D eigenvalue weighted by Crippen LogP contribution is -2.07. The summed E-state index contributed by atoms with van der Waals surface area (Å²) in [5.41, 5.74) is -0.0373. The van der Waals surface area contributed by atoms with E-state index < -0.39 is 5.97 Å². The van der Waals surface area contributed by atoms with Crippen LogP contribution in [0, 0.1) is 0 Å². The quantitative estimate of drug-likeness (QED) is 0.714. The molecular weight excluding hydrogens is 214 g/mol. The van der Waals surface area contributed by atoms with Gasteiger partial charge in [0, 0.05) is 6.54 Å². The molecule has 5 nitrogen and oxygen atoms in total. The van der Waals surface area contributed by atoms with Crippen LogP contribution in [-0.4, -0.2) is 39.6 Å². The largest absolute Gasteiger partial charge is 0.476 e. The average Bonchev–Trinajstić information content (AvgIpc) is 2.25. The molecule has 0 aliphatic heterocycles. The summed E-state index contributed by atoms with van der Waals surface area (Å²) in [6.07, 6.45) is 5.78. The van der Waals surface area contributed by atoms with Crippen LogP contribution >= 0.6 is 11.8 Å². The summed E-state index contributed by atoms with van der Waals surface area (Å²) in [6.45, 7) is 0.821. The first-order valence-electron chi connectivity index (χ1n) is 4.52. The minimum Gasteiger partial charge on any atom is -0.476 e. The van der Waals surface area contributed by atoms with Crippen LogP contribution in [0.3, 0.4) is 0 Å². The zero-order valence-corrected chi connectivity index (χ0v) is 9.25. The Morgan fingerprint density at radius 2 is 2.33 bits per heavy atom. The van der Waals surface area contributed by atoms with Crippen molar-refractivity contribution in [1.82, 2.24) is 9.97 Å². The van der Waals surface area contributed by atoms with Gasteiger partial charge < -0.3 is 10.4 Å². The molecule has 1 rings (SSSR count). The summed E-state index contributed by atoms with van der Waals surface area (Å²) in [5, 5.41) is 11.7. The van der Waals surface area contributed by atoms with Crippen molar-refractivity contribution in [2.24, 2.45) is 0 Å². The van der Waals surface area contributed by atoms with Gasteiger partial charge in [-0.25, -0.2) is 14.8 Å². The molecule has 0 bridgehead atoms. The van der Waals surface area contributed by atoms with Crippen LogP contribution in [0.1, 0.15) is 16.9 Å². The SMILES string of the molecule is CSCCCNc1cnc(C(=O)O)cn1. The first-order valence-corrected chi connectivity index (χ1v) is 5.91. The Morgan fingerprint density at radius 1 is 1.53 bits per heavy atom. The van der Waals surface area contributed by atoms with Gasteiger partial charge >= 0.3 is 5.97 Å². The van der Waals surface area contributed by atoms with Gasteiger partial charge in [0.25, 0.3) is 0 Å². The Kier molecular flexibility index (Phi) is 4.89. The number of hydrogen-bond donors (Lipinski definition) is 2. The van der Waals surface area contributed by atoms with Gasteiger partial charge in [-0.1, -0.05) is 0 Å². The highest BCUT2D eigenvalue weighted by Gasteiger charge is 2.03. The van der Waals surface area contributed by atoms with Gasteiger partial charge in [-0.15, -0.1) is 0 Å². The monoisotopic (exact) mass is 227 g/mol. The van der Waals surface area contributed by atoms with Crippen LogP contribution in [0.25, 0.3) is 0 Å². The van der Waals surface area contributed by atoms with Gasteiger partial charge in [-0.05, 0) is 18.4 Å². The maximum Gasteiger partial charge on any atom is 0.356 e. The number of carbonyl (C=O) groups is 1. The molecule has 1 aromatic rings. The normalized spacial score (nSPS) is 9.93. The van der Waals surface area contributed by atoms with E-state index in [-0.39, 0.29) is 5.69 Å². The van der Waals surface area contributed by atoms with Gasteiger partial charge in [0.15, 0.2) is 5.69 Å². The van der Waals surface area contributed by atoms with Crippen molar-refractivity contribution in [3.63, 3.8) is 0 Å². The van der Waals surface area contributed by atoms with Gasteiger partial charge in [-0.2, -0.15) is 11.8 Å². The van der Waals surface area contributed by atoms with Gasteiger partial charge in [0.2, 0.25) is 0 Å². The number of hydrogen-bond acceptors (Lipinski definition) is 5. The third kappa shape index (κ3) is 4.16. The Labute approximate surface area is 92.3 Å². The van der Waals surface area contributed by atoms with E-state index in [0.717, 1.165) is 18.7 Å². The molecular formula is C9H13N3O2S. The number of aromatic carboxylic acids is 1. The first-order chi connectivity index (χ1) is 7.24. The Balaban J connectivity index is 2.39. The molecule has 0 atom stereocenters. The zero-order chi connectivity index (χ0) is 11.1. The van der Waals surface area contributed by atoms with Crippen molar-refractivity contribution < 1.29 is 9.90 Å². The fourth-order valence-corrected chi connectivity index (χ4v) is 1.40. The fourth-order valence-electron chi connectivity index (χ4n) is 0.963. The molecule has 0 aliphatic rings. The molecule has 0 fully saturated rings. The number of carboxylic acid groups (broad SMARTS) is 1. The third-order valence-corrected chi connectivity index (χ3v) is 2.40. The molecule has 6 heteroatoms. The zero-order valence-electron chi connectivity index (χ0n) is 8.43.